The second-order valence-electron chi connectivity index (χ2n) is 8.53. The normalized spacial score (nSPS) is 16.0. The summed E-state index contributed by atoms with van der Waals surface area (Å²) in [5.41, 5.74) is 4.79. The van der Waals surface area contributed by atoms with Crippen molar-refractivity contribution in [2.45, 2.75) is 39.3 Å². The Bertz CT molecular complexity index is 1040. The van der Waals surface area contributed by atoms with E-state index in [0.29, 0.717) is 56.8 Å². The summed E-state index contributed by atoms with van der Waals surface area (Å²) in [4.78, 5) is 42.7. The van der Waals surface area contributed by atoms with Crippen LogP contribution >= 0.6 is 0 Å². The zero-order chi connectivity index (χ0) is 25.4. The minimum absolute atomic E-state index is 0.00714. The van der Waals surface area contributed by atoms with Gasteiger partial charge in [0.2, 0.25) is 6.41 Å². The van der Waals surface area contributed by atoms with Crippen LogP contribution in [0.15, 0.2) is 36.5 Å². The Labute approximate surface area is 203 Å². The maximum atomic E-state index is 15.4. The maximum Gasteiger partial charge on any atom is 0.317 e. The van der Waals surface area contributed by atoms with Gasteiger partial charge in [-0.05, 0) is 38.5 Å². The molecule has 1 aromatic carbocycles. The molecule has 2 aromatic rings. The fourth-order valence-corrected chi connectivity index (χ4v) is 3.95. The molecule has 1 aliphatic rings. The van der Waals surface area contributed by atoms with E-state index in [1.54, 1.807) is 35.4 Å². The van der Waals surface area contributed by atoms with E-state index in [0.717, 1.165) is 10.7 Å². The number of piperazine rings is 1. The fraction of sp³-hybridized carbons (Fsp3) is 0.417. The van der Waals surface area contributed by atoms with Crippen molar-refractivity contribution in [2.75, 3.05) is 36.6 Å². The summed E-state index contributed by atoms with van der Waals surface area (Å²) in [6.45, 7) is 5.98. The molecule has 1 fully saturated rings. The van der Waals surface area contributed by atoms with Crippen molar-refractivity contribution in [2.24, 2.45) is 0 Å². The highest BCUT2D eigenvalue weighted by Gasteiger charge is 2.28. The van der Waals surface area contributed by atoms with Crippen molar-refractivity contribution >= 4 is 29.8 Å². The number of carboxylic acid groups (broad SMARTS) is 1. The molecule has 1 aliphatic heterocycles. The second-order valence-corrected chi connectivity index (χ2v) is 8.53. The van der Waals surface area contributed by atoms with Crippen LogP contribution in [-0.4, -0.2) is 70.5 Å². The highest BCUT2D eigenvalue weighted by Crippen LogP contribution is 2.24. The highest BCUT2D eigenvalue weighted by molar-refractivity contribution is 5.79. The highest BCUT2D eigenvalue weighted by atomic mass is 19.1. The van der Waals surface area contributed by atoms with Crippen LogP contribution in [0, 0.1) is 12.7 Å². The molecule has 0 aliphatic carbocycles. The molecule has 3 rings (SSSR count). The van der Waals surface area contributed by atoms with Gasteiger partial charge in [-0.15, -0.1) is 0 Å². The fourth-order valence-electron chi connectivity index (χ4n) is 3.95. The van der Waals surface area contributed by atoms with E-state index in [1.807, 2.05) is 13.8 Å². The zero-order valence-electron chi connectivity index (χ0n) is 19.9. The molecule has 1 saturated heterocycles. The first-order valence-electron chi connectivity index (χ1n) is 11.5. The molecule has 1 aromatic heterocycles. The first kappa shape index (κ1) is 25.9. The average Bonchev–Trinajstić information content (AvgIpc) is 2.83. The van der Waals surface area contributed by atoms with Crippen molar-refractivity contribution in [1.29, 1.82) is 0 Å². The van der Waals surface area contributed by atoms with E-state index >= 15 is 4.39 Å². The monoisotopic (exact) mass is 486 g/mol. The van der Waals surface area contributed by atoms with Gasteiger partial charge in [-0.1, -0.05) is 12.1 Å². The van der Waals surface area contributed by atoms with Crippen molar-refractivity contribution < 1.29 is 23.9 Å². The van der Waals surface area contributed by atoms with Crippen molar-refractivity contribution in [3.8, 4) is 0 Å². The van der Waals surface area contributed by atoms with Gasteiger partial charge < -0.3 is 15.3 Å². The van der Waals surface area contributed by atoms with Crippen LogP contribution in [-0.2, 0) is 16.1 Å². The van der Waals surface area contributed by atoms with Crippen LogP contribution in [0.4, 0.5) is 20.6 Å². The summed E-state index contributed by atoms with van der Waals surface area (Å²) in [7, 11) is 0. The summed E-state index contributed by atoms with van der Waals surface area (Å²) in [6.07, 6.45) is 2.46. The van der Waals surface area contributed by atoms with Crippen LogP contribution in [0.3, 0.4) is 0 Å². The molecule has 188 valence electrons. The van der Waals surface area contributed by atoms with Gasteiger partial charge in [0.05, 0.1) is 11.9 Å². The van der Waals surface area contributed by atoms with Crippen molar-refractivity contribution in [1.82, 2.24) is 20.1 Å². The molecule has 0 saturated carbocycles. The number of pyridine rings is 1. The molecular formula is C24H31FN6O4. The second kappa shape index (κ2) is 12.1. The van der Waals surface area contributed by atoms with Gasteiger partial charge in [-0.3, -0.25) is 24.9 Å². The number of carboxylic acids is 1. The lowest BCUT2D eigenvalue weighted by Gasteiger charge is -2.40. The van der Waals surface area contributed by atoms with E-state index in [9.17, 15) is 14.4 Å². The molecule has 3 N–H and O–H groups in total. The minimum atomic E-state index is -0.892. The quantitative estimate of drug-likeness (QED) is 0.268. The van der Waals surface area contributed by atoms with E-state index < -0.39 is 11.8 Å². The van der Waals surface area contributed by atoms with Gasteiger partial charge in [0, 0.05) is 56.4 Å². The number of nitrogens with one attached hydrogen (secondary N) is 2. The summed E-state index contributed by atoms with van der Waals surface area (Å²) in [5, 5.41) is 12.5. The number of aliphatic carboxylic acids is 1. The number of hydrogen-bond acceptors (Lipinski definition) is 6. The third kappa shape index (κ3) is 7.12. The number of carbonyl (C=O) groups is 3. The molecule has 0 radical (unpaired) electrons. The van der Waals surface area contributed by atoms with Crippen LogP contribution in [0.1, 0.15) is 31.0 Å². The van der Waals surface area contributed by atoms with Crippen LogP contribution in [0.5, 0.6) is 0 Å². The molecule has 0 spiro atoms. The molecule has 0 bridgehead atoms. The van der Waals surface area contributed by atoms with E-state index in [2.05, 4.69) is 20.6 Å². The molecular weight excluding hydrogens is 455 g/mol. The Morgan fingerprint density at radius 1 is 1.29 bits per heavy atom. The molecule has 10 nitrogen and oxygen atoms in total. The van der Waals surface area contributed by atoms with Gasteiger partial charge in [-0.25, -0.2) is 14.2 Å². The summed E-state index contributed by atoms with van der Waals surface area (Å²) in [6, 6.07) is 8.12. The number of rotatable bonds is 10. The topological polar surface area (TPSA) is 118 Å². The number of hydrogen-bond donors (Lipinski definition) is 3. The van der Waals surface area contributed by atoms with E-state index in [-0.39, 0.29) is 24.2 Å². The molecule has 1 atom stereocenters. The van der Waals surface area contributed by atoms with Crippen molar-refractivity contribution in [3.63, 3.8) is 0 Å². The maximum absolute atomic E-state index is 15.4. The van der Waals surface area contributed by atoms with Gasteiger partial charge in [-0.2, -0.15) is 0 Å². The van der Waals surface area contributed by atoms with Gasteiger partial charge in [0.1, 0.15) is 5.69 Å². The van der Waals surface area contributed by atoms with Crippen LogP contribution in [0.25, 0.3) is 0 Å². The number of benzene rings is 1. The third-order valence-corrected chi connectivity index (χ3v) is 5.79. The van der Waals surface area contributed by atoms with Gasteiger partial charge in [0.15, 0.2) is 5.82 Å². The Kier molecular flexibility index (Phi) is 8.96. The molecule has 35 heavy (non-hydrogen) atoms. The number of urea groups is 1. The molecule has 2 heterocycles. The number of halogens is 1. The predicted octanol–water partition coefficient (Wildman–Crippen LogP) is 2.60. The van der Waals surface area contributed by atoms with Crippen LogP contribution < -0.4 is 15.8 Å². The van der Waals surface area contributed by atoms with Gasteiger partial charge >= 0.3 is 12.0 Å². The number of anilines is 2. The first-order valence-corrected chi connectivity index (χ1v) is 11.5. The number of nitrogens with zero attached hydrogens (tertiary/aromatic N) is 4. The van der Waals surface area contributed by atoms with Crippen molar-refractivity contribution in [3.05, 3.63) is 53.6 Å². The minimum Gasteiger partial charge on any atom is -0.481 e. The Morgan fingerprint density at radius 3 is 2.74 bits per heavy atom. The lowest BCUT2D eigenvalue weighted by molar-refractivity contribution is -0.137. The summed E-state index contributed by atoms with van der Waals surface area (Å²) in [5.74, 6) is -1.39. The summed E-state index contributed by atoms with van der Waals surface area (Å²) < 4.78 is 15.4. The number of aryl methyl sites for hydroxylation is 1. The first-order chi connectivity index (χ1) is 16.8. The zero-order valence-corrected chi connectivity index (χ0v) is 19.9. The molecule has 3 amide bonds. The largest absolute Gasteiger partial charge is 0.481 e. The van der Waals surface area contributed by atoms with Crippen LogP contribution in [0.2, 0.25) is 0 Å². The van der Waals surface area contributed by atoms with E-state index in [4.69, 9.17) is 5.11 Å². The SMILES string of the molecule is Cc1ccc(NN(C=O)c2cccc(CN3CCN(C(=O)NCCCC(=O)O)[C@H](C)C3)c2F)cn1. The number of amides is 3. The molecule has 0 unspecified atom stereocenters. The van der Waals surface area contributed by atoms with Gasteiger partial charge in [0.25, 0.3) is 0 Å². The molecule has 11 heteroatoms. The third-order valence-electron chi connectivity index (χ3n) is 5.79. The Morgan fingerprint density at radius 2 is 2.09 bits per heavy atom. The van der Waals surface area contributed by atoms with E-state index in [1.165, 1.54) is 6.07 Å². The standard InChI is InChI=1S/C24H31FN6O4/c1-17-8-9-20(13-27-17)28-31(16-32)21-6-3-5-19(23(21)25)15-29-11-12-30(18(2)14-29)24(35)26-10-4-7-22(33)34/h3,5-6,8-9,13,16,18,28H,4,7,10-12,14-15H2,1-2H3,(H,26,35)(H,33,34)/t18-/m1/s1. The lowest BCUT2D eigenvalue weighted by Crippen LogP contribution is -2.56. The average molecular weight is 487 g/mol. The summed E-state index contributed by atoms with van der Waals surface area (Å²) >= 11 is 0. The number of carbonyl (C=O) groups excluding carboxylic acids is 2. The lowest BCUT2D eigenvalue weighted by atomic mass is 10.1. The Hall–Kier alpha value is -3.73. The Balaban J connectivity index is 1.59. The predicted molar refractivity (Wildman–Crippen MR) is 129 cm³/mol. The smallest absolute Gasteiger partial charge is 0.317 e. The number of hydrazine groups is 1. The number of aromatic nitrogens is 1.